The van der Waals surface area contributed by atoms with Crippen molar-refractivity contribution < 1.29 is 14.3 Å². The van der Waals surface area contributed by atoms with Crippen LogP contribution in [0.2, 0.25) is 5.02 Å². The van der Waals surface area contributed by atoms with Gasteiger partial charge in [-0.3, -0.25) is 9.36 Å². The Balaban J connectivity index is 1.48. The second-order valence-electron chi connectivity index (χ2n) is 10.2. The van der Waals surface area contributed by atoms with Gasteiger partial charge in [0.1, 0.15) is 11.3 Å². The zero-order chi connectivity index (χ0) is 26.8. The molecule has 2 fully saturated rings. The number of fused-ring (bicyclic) bond motifs is 1. The van der Waals surface area contributed by atoms with E-state index in [2.05, 4.69) is 20.6 Å². The predicted octanol–water partition coefficient (Wildman–Crippen LogP) is 4.41. The van der Waals surface area contributed by atoms with Crippen LogP contribution < -0.4 is 16.4 Å². The van der Waals surface area contributed by atoms with Crippen molar-refractivity contribution in [3.05, 3.63) is 34.7 Å². The molecule has 38 heavy (non-hydrogen) atoms. The molecule has 0 aliphatic heterocycles. The van der Waals surface area contributed by atoms with Gasteiger partial charge in [-0.15, -0.1) is 0 Å². The van der Waals surface area contributed by atoms with Gasteiger partial charge in [0, 0.05) is 24.4 Å². The zero-order valence-electron chi connectivity index (χ0n) is 20.8. The van der Waals surface area contributed by atoms with Crippen LogP contribution in [0.3, 0.4) is 0 Å². The lowest BCUT2D eigenvalue weighted by molar-refractivity contribution is -0.122. The smallest absolute Gasteiger partial charge is 0.224 e. The minimum absolute atomic E-state index is 0.00522. The first kappa shape index (κ1) is 26.1. The van der Waals surface area contributed by atoms with E-state index in [0.29, 0.717) is 55.3 Å². The Kier molecular flexibility index (Phi) is 7.63. The first-order chi connectivity index (χ1) is 18.3. The maximum absolute atomic E-state index is 14.9. The second kappa shape index (κ2) is 11.1. The van der Waals surface area contributed by atoms with Gasteiger partial charge in [-0.05, 0) is 50.7 Å². The SMILES string of the molecule is N#Cc1cc(F)c(Nc2nc3cnc(NC[C@@H]4CCCC[C@H]4O)nc3n2C2CCC(C(N)=O)CC2)c(Cl)c1. The van der Waals surface area contributed by atoms with Crippen LogP contribution in [0.15, 0.2) is 18.3 Å². The molecule has 0 unspecified atom stereocenters. The van der Waals surface area contributed by atoms with E-state index < -0.39 is 5.82 Å². The van der Waals surface area contributed by atoms with Crippen LogP contribution in [0.25, 0.3) is 11.2 Å². The van der Waals surface area contributed by atoms with Crippen LogP contribution >= 0.6 is 11.6 Å². The van der Waals surface area contributed by atoms with Crippen molar-refractivity contribution in [2.75, 3.05) is 17.2 Å². The molecule has 2 saturated carbocycles. The summed E-state index contributed by atoms with van der Waals surface area (Å²) in [5.41, 5.74) is 6.73. The first-order valence-electron chi connectivity index (χ1n) is 13.0. The molecule has 2 aliphatic carbocycles. The molecule has 12 heteroatoms. The molecule has 2 aliphatic rings. The van der Waals surface area contributed by atoms with Gasteiger partial charge in [-0.25, -0.2) is 14.4 Å². The van der Waals surface area contributed by atoms with Crippen LogP contribution in [-0.4, -0.2) is 43.2 Å². The maximum atomic E-state index is 14.9. The minimum atomic E-state index is -0.676. The van der Waals surface area contributed by atoms with Gasteiger partial charge in [-0.1, -0.05) is 24.4 Å². The molecule has 200 valence electrons. The lowest BCUT2D eigenvalue weighted by atomic mass is 9.85. The van der Waals surface area contributed by atoms with Crippen molar-refractivity contribution in [2.45, 2.75) is 63.5 Å². The standard InChI is InChI=1S/C26H30ClFN8O2/c27-18-9-14(11-29)10-19(28)22(18)34-26-33-20-13-32-25(31-12-16-3-1-2-4-21(16)37)35-24(20)36(26)17-7-5-15(6-8-17)23(30)38/h9-10,13,15-17,21,37H,1-8,12H2,(H2,30,38)(H,33,34)(H,31,32,35)/t15?,16-,17?,21+/m0/s1. The number of imidazole rings is 1. The molecule has 5 rings (SSSR count). The van der Waals surface area contributed by atoms with E-state index in [1.807, 2.05) is 10.6 Å². The molecule has 1 amide bonds. The number of benzene rings is 1. The van der Waals surface area contributed by atoms with Crippen molar-refractivity contribution in [3.8, 4) is 6.07 Å². The number of nitrogens with two attached hydrogens (primary N) is 1. The molecule has 2 aromatic heterocycles. The monoisotopic (exact) mass is 540 g/mol. The van der Waals surface area contributed by atoms with E-state index in [9.17, 15) is 14.3 Å². The zero-order valence-corrected chi connectivity index (χ0v) is 21.6. The van der Waals surface area contributed by atoms with Crippen LogP contribution in [0.4, 0.5) is 22.0 Å². The molecule has 2 atom stereocenters. The number of nitrogens with zero attached hydrogens (tertiary/aromatic N) is 5. The summed E-state index contributed by atoms with van der Waals surface area (Å²) in [6.07, 6.45) is 7.73. The van der Waals surface area contributed by atoms with Gasteiger partial charge in [0.15, 0.2) is 5.65 Å². The largest absolute Gasteiger partial charge is 0.393 e. The summed E-state index contributed by atoms with van der Waals surface area (Å²) in [6, 6.07) is 4.32. The molecule has 1 aromatic carbocycles. The van der Waals surface area contributed by atoms with Crippen molar-refractivity contribution in [1.82, 2.24) is 19.5 Å². The van der Waals surface area contributed by atoms with Gasteiger partial charge in [0.2, 0.25) is 17.8 Å². The third-order valence-electron chi connectivity index (χ3n) is 7.70. The number of carbonyl (C=O) groups is 1. The summed E-state index contributed by atoms with van der Waals surface area (Å²) in [4.78, 5) is 25.5. The van der Waals surface area contributed by atoms with Gasteiger partial charge in [-0.2, -0.15) is 10.2 Å². The van der Waals surface area contributed by atoms with E-state index in [1.165, 1.54) is 6.07 Å². The van der Waals surface area contributed by atoms with Crippen molar-refractivity contribution in [3.63, 3.8) is 0 Å². The molecule has 2 heterocycles. The Hall–Kier alpha value is -3.49. The summed E-state index contributed by atoms with van der Waals surface area (Å²) >= 11 is 6.31. The fraction of sp³-hybridized carbons (Fsp3) is 0.500. The average molecular weight is 541 g/mol. The molecule has 0 saturated heterocycles. The summed E-state index contributed by atoms with van der Waals surface area (Å²) in [5, 5.41) is 25.8. The van der Waals surface area contributed by atoms with Gasteiger partial charge < -0.3 is 21.5 Å². The molecule has 5 N–H and O–H groups in total. The second-order valence-corrected chi connectivity index (χ2v) is 10.6. The lowest BCUT2D eigenvalue weighted by Gasteiger charge is -2.29. The van der Waals surface area contributed by atoms with Gasteiger partial charge in [0.25, 0.3) is 0 Å². The molecule has 3 aromatic rings. The number of aliphatic hydroxyl groups excluding tert-OH is 1. The summed E-state index contributed by atoms with van der Waals surface area (Å²) in [7, 11) is 0. The van der Waals surface area contributed by atoms with Crippen LogP contribution in [0.1, 0.15) is 63.0 Å². The van der Waals surface area contributed by atoms with Crippen molar-refractivity contribution in [2.24, 2.45) is 17.6 Å². The third kappa shape index (κ3) is 5.37. The first-order valence-corrected chi connectivity index (χ1v) is 13.3. The summed E-state index contributed by atoms with van der Waals surface area (Å²) < 4.78 is 16.8. The van der Waals surface area contributed by atoms with Crippen LogP contribution in [0, 0.1) is 29.0 Å². The predicted molar refractivity (Wildman–Crippen MR) is 141 cm³/mol. The third-order valence-corrected chi connectivity index (χ3v) is 7.99. The number of nitriles is 1. The maximum Gasteiger partial charge on any atom is 0.224 e. The normalized spacial score (nSPS) is 23.6. The van der Waals surface area contributed by atoms with Crippen LogP contribution in [0.5, 0.6) is 0 Å². The molecular formula is C26H30ClFN8O2. The van der Waals surface area contributed by atoms with Crippen LogP contribution in [-0.2, 0) is 4.79 Å². The van der Waals surface area contributed by atoms with E-state index >= 15 is 0 Å². The number of amides is 1. The van der Waals surface area contributed by atoms with Crippen molar-refractivity contribution >= 4 is 46.3 Å². The number of hydrogen-bond acceptors (Lipinski definition) is 8. The average Bonchev–Trinajstić information content (AvgIpc) is 3.27. The van der Waals surface area contributed by atoms with E-state index in [1.54, 1.807) is 6.20 Å². The Morgan fingerprint density at radius 2 is 1.97 bits per heavy atom. The molecule has 0 bridgehead atoms. The molecule has 0 spiro atoms. The Labute approximate surface area is 224 Å². The highest BCUT2D eigenvalue weighted by atomic mass is 35.5. The Morgan fingerprint density at radius 1 is 1.21 bits per heavy atom. The quantitative estimate of drug-likeness (QED) is 0.343. The number of hydrogen-bond donors (Lipinski definition) is 4. The Morgan fingerprint density at radius 3 is 2.66 bits per heavy atom. The number of aromatic nitrogens is 4. The highest BCUT2D eigenvalue weighted by molar-refractivity contribution is 6.33. The topological polar surface area (TPSA) is 155 Å². The summed E-state index contributed by atoms with van der Waals surface area (Å²) in [6.45, 7) is 0.557. The number of primary amides is 1. The summed E-state index contributed by atoms with van der Waals surface area (Å²) in [5.74, 6) is -0.280. The fourth-order valence-corrected chi connectivity index (χ4v) is 5.80. The fourth-order valence-electron chi connectivity index (χ4n) is 5.55. The number of rotatable bonds is 7. The van der Waals surface area contributed by atoms with E-state index in [4.69, 9.17) is 27.6 Å². The molecular weight excluding hydrogens is 511 g/mol. The minimum Gasteiger partial charge on any atom is -0.393 e. The Bertz CT molecular complexity index is 1360. The van der Waals surface area contributed by atoms with Gasteiger partial charge >= 0.3 is 0 Å². The van der Waals surface area contributed by atoms with E-state index in [0.717, 1.165) is 31.7 Å². The molecule has 0 radical (unpaired) electrons. The highest BCUT2D eigenvalue weighted by Crippen LogP contribution is 2.38. The van der Waals surface area contributed by atoms with Gasteiger partial charge in [0.05, 0.1) is 34.6 Å². The number of anilines is 3. The van der Waals surface area contributed by atoms with Crippen molar-refractivity contribution in [1.29, 1.82) is 5.26 Å². The number of nitrogens with one attached hydrogen (secondary N) is 2. The number of halogens is 2. The van der Waals surface area contributed by atoms with E-state index in [-0.39, 0.29) is 46.2 Å². The molecule has 10 nitrogen and oxygen atoms in total. The number of carbonyl (C=O) groups excluding carboxylic acids is 1. The highest BCUT2D eigenvalue weighted by Gasteiger charge is 2.30. The lowest BCUT2D eigenvalue weighted by Crippen LogP contribution is -2.30. The number of aliphatic hydroxyl groups is 1.